The molecule has 0 saturated carbocycles. The van der Waals surface area contributed by atoms with Crippen molar-refractivity contribution < 1.29 is 9.13 Å². The van der Waals surface area contributed by atoms with Gasteiger partial charge in [0.1, 0.15) is 5.75 Å². The zero-order valence-electron chi connectivity index (χ0n) is 11.1. The Labute approximate surface area is 109 Å². The van der Waals surface area contributed by atoms with Gasteiger partial charge in [-0.2, -0.15) is 0 Å². The molecule has 1 heterocycles. The van der Waals surface area contributed by atoms with Crippen LogP contribution in [0, 0.1) is 0 Å². The first-order chi connectivity index (χ1) is 8.85. The Hall–Kier alpha value is -1.09. The zero-order chi connectivity index (χ0) is 12.8. The maximum atomic E-state index is 12.1. The summed E-state index contributed by atoms with van der Waals surface area (Å²) in [6.45, 7) is 2.84. The molecule has 0 aromatic heterocycles. The van der Waals surface area contributed by atoms with Crippen LogP contribution in [0.4, 0.5) is 4.39 Å². The quantitative estimate of drug-likeness (QED) is 0.796. The van der Waals surface area contributed by atoms with E-state index in [1.165, 1.54) is 5.56 Å². The minimum absolute atomic E-state index is 0.202. The van der Waals surface area contributed by atoms with Crippen LogP contribution in [-0.2, 0) is 0 Å². The van der Waals surface area contributed by atoms with Gasteiger partial charge in [0, 0.05) is 6.54 Å². The standard InChI is InChI=1S/C15H22FNO/c1-18-15-6-3-2-5-14(15)13-7-11-17(12-8-13)10-4-9-16/h2-3,5-6,13H,4,7-12H2,1H3. The minimum atomic E-state index is -0.202. The van der Waals surface area contributed by atoms with Gasteiger partial charge in [0.05, 0.1) is 13.8 Å². The fraction of sp³-hybridized carbons (Fsp3) is 0.600. The number of para-hydroxylation sites is 1. The highest BCUT2D eigenvalue weighted by atomic mass is 19.1. The highest BCUT2D eigenvalue weighted by molar-refractivity contribution is 5.36. The third-order valence-corrected chi connectivity index (χ3v) is 3.77. The van der Waals surface area contributed by atoms with E-state index < -0.39 is 0 Å². The van der Waals surface area contributed by atoms with Gasteiger partial charge in [-0.05, 0) is 49.9 Å². The van der Waals surface area contributed by atoms with Gasteiger partial charge in [-0.1, -0.05) is 18.2 Å². The van der Waals surface area contributed by atoms with Crippen LogP contribution < -0.4 is 4.74 Å². The van der Waals surface area contributed by atoms with E-state index >= 15 is 0 Å². The SMILES string of the molecule is COc1ccccc1C1CCN(CCCF)CC1. The smallest absolute Gasteiger partial charge is 0.122 e. The highest BCUT2D eigenvalue weighted by Gasteiger charge is 2.22. The van der Waals surface area contributed by atoms with Gasteiger partial charge in [0.2, 0.25) is 0 Å². The van der Waals surface area contributed by atoms with Crippen LogP contribution >= 0.6 is 0 Å². The van der Waals surface area contributed by atoms with Crippen LogP contribution in [0.25, 0.3) is 0 Å². The summed E-state index contributed by atoms with van der Waals surface area (Å²) < 4.78 is 17.6. The largest absolute Gasteiger partial charge is 0.496 e. The van der Waals surface area contributed by atoms with Crippen LogP contribution in [0.3, 0.4) is 0 Å². The summed E-state index contributed by atoms with van der Waals surface area (Å²) in [5.74, 6) is 1.59. The second-order valence-electron chi connectivity index (χ2n) is 4.90. The van der Waals surface area contributed by atoms with Crippen molar-refractivity contribution in [2.24, 2.45) is 0 Å². The molecule has 0 radical (unpaired) electrons. The number of piperidine rings is 1. The lowest BCUT2D eigenvalue weighted by atomic mass is 9.89. The lowest BCUT2D eigenvalue weighted by Gasteiger charge is -2.32. The van der Waals surface area contributed by atoms with Crippen molar-refractivity contribution in [2.75, 3.05) is 33.4 Å². The summed E-state index contributed by atoms with van der Waals surface area (Å²) in [6, 6.07) is 8.29. The van der Waals surface area contributed by atoms with Crippen LogP contribution in [0.5, 0.6) is 5.75 Å². The van der Waals surface area contributed by atoms with Gasteiger partial charge in [0.25, 0.3) is 0 Å². The van der Waals surface area contributed by atoms with Crippen LogP contribution in [0.15, 0.2) is 24.3 Å². The Bertz CT molecular complexity index is 361. The number of likely N-dealkylation sites (tertiary alicyclic amines) is 1. The van der Waals surface area contributed by atoms with E-state index in [2.05, 4.69) is 17.0 Å². The summed E-state index contributed by atoms with van der Waals surface area (Å²) in [7, 11) is 1.73. The molecule has 0 bridgehead atoms. The minimum Gasteiger partial charge on any atom is -0.496 e. The first kappa shape index (κ1) is 13.3. The maximum absolute atomic E-state index is 12.1. The molecule has 1 aromatic rings. The van der Waals surface area contributed by atoms with Crippen molar-refractivity contribution in [2.45, 2.75) is 25.2 Å². The Kier molecular flexibility index (Phi) is 5.00. The van der Waals surface area contributed by atoms with Crippen molar-refractivity contribution in [1.29, 1.82) is 0 Å². The second-order valence-corrected chi connectivity index (χ2v) is 4.90. The number of hydrogen-bond acceptors (Lipinski definition) is 2. The molecule has 1 aliphatic rings. The fourth-order valence-electron chi connectivity index (χ4n) is 2.75. The van der Waals surface area contributed by atoms with E-state index in [1.54, 1.807) is 7.11 Å². The monoisotopic (exact) mass is 251 g/mol. The van der Waals surface area contributed by atoms with Gasteiger partial charge >= 0.3 is 0 Å². The average Bonchev–Trinajstić information content (AvgIpc) is 2.45. The number of methoxy groups -OCH3 is 1. The number of rotatable bonds is 5. The molecule has 0 unspecified atom stereocenters. The van der Waals surface area contributed by atoms with Gasteiger partial charge in [-0.3, -0.25) is 4.39 Å². The molecular formula is C15H22FNO. The summed E-state index contributed by atoms with van der Waals surface area (Å²) in [5, 5.41) is 0. The molecule has 0 N–H and O–H groups in total. The predicted octanol–water partition coefficient (Wildman–Crippen LogP) is 3.23. The van der Waals surface area contributed by atoms with E-state index in [0.29, 0.717) is 12.3 Å². The molecule has 0 spiro atoms. The molecule has 1 aromatic carbocycles. The molecule has 0 atom stereocenters. The predicted molar refractivity (Wildman–Crippen MR) is 72.0 cm³/mol. The van der Waals surface area contributed by atoms with Crippen molar-refractivity contribution in [3.63, 3.8) is 0 Å². The number of ether oxygens (including phenoxy) is 1. The van der Waals surface area contributed by atoms with Crippen LogP contribution in [0.2, 0.25) is 0 Å². The topological polar surface area (TPSA) is 12.5 Å². The van der Waals surface area contributed by atoms with Gasteiger partial charge in [-0.15, -0.1) is 0 Å². The molecule has 0 aliphatic carbocycles. The van der Waals surface area contributed by atoms with E-state index in [-0.39, 0.29) is 6.67 Å². The Morgan fingerprint density at radius 3 is 2.67 bits per heavy atom. The Morgan fingerprint density at radius 1 is 1.28 bits per heavy atom. The maximum Gasteiger partial charge on any atom is 0.122 e. The molecule has 18 heavy (non-hydrogen) atoms. The first-order valence-electron chi connectivity index (χ1n) is 6.76. The van der Waals surface area contributed by atoms with Gasteiger partial charge in [-0.25, -0.2) is 0 Å². The summed E-state index contributed by atoms with van der Waals surface area (Å²) in [5.41, 5.74) is 1.32. The first-order valence-corrected chi connectivity index (χ1v) is 6.76. The zero-order valence-corrected chi connectivity index (χ0v) is 11.1. The van der Waals surface area contributed by atoms with Gasteiger partial charge < -0.3 is 9.64 Å². The average molecular weight is 251 g/mol. The molecule has 2 nitrogen and oxygen atoms in total. The normalized spacial score (nSPS) is 17.9. The lowest BCUT2D eigenvalue weighted by Crippen LogP contribution is -2.33. The lowest BCUT2D eigenvalue weighted by molar-refractivity contribution is 0.202. The molecule has 0 amide bonds. The Balaban J connectivity index is 1.92. The highest BCUT2D eigenvalue weighted by Crippen LogP contribution is 2.33. The number of nitrogens with zero attached hydrogens (tertiary/aromatic N) is 1. The third kappa shape index (κ3) is 3.22. The third-order valence-electron chi connectivity index (χ3n) is 3.77. The number of benzene rings is 1. The molecule has 3 heteroatoms. The van der Waals surface area contributed by atoms with E-state index in [4.69, 9.17) is 4.74 Å². The van der Waals surface area contributed by atoms with Crippen molar-refractivity contribution >= 4 is 0 Å². The number of alkyl halides is 1. The molecule has 1 saturated heterocycles. The van der Waals surface area contributed by atoms with Crippen molar-refractivity contribution in [3.05, 3.63) is 29.8 Å². The Morgan fingerprint density at radius 2 is 2.00 bits per heavy atom. The van der Waals surface area contributed by atoms with E-state index in [0.717, 1.165) is 38.2 Å². The molecule has 1 aliphatic heterocycles. The molecular weight excluding hydrogens is 229 g/mol. The van der Waals surface area contributed by atoms with Crippen molar-refractivity contribution in [1.82, 2.24) is 4.90 Å². The van der Waals surface area contributed by atoms with E-state index in [1.807, 2.05) is 12.1 Å². The second kappa shape index (κ2) is 6.74. The van der Waals surface area contributed by atoms with Crippen molar-refractivity contribution in [3.8, 4) is 5.75 Å². The molecule has 1 fully saturated rings. The molecule has 100 valence electrons. The summed E-state index contributed by atoms with van der Waals surface area (Å²) in [4.78, 5) is 2.37. The number of halogens is 1. The summed E-state index contributed by atoms with van der Waals surface area (Å²) in [6.07, 6.45) is 2.96. The molecule has 2 rings (SSSR count). The summed E-state index contributed by atoms with van der Waals surface area (Å²) >= 11 is 0. The number of hydrogen-bond donors (Lipinski definition) is 0. The van der Waals surface area contributed by atoms with Crippen LogP contribution in [0.1, 0.15) is 30.7 Å². The fourth-order valence-corrected chi connectivity index (χ4v) is 2.75. The van der Waals surface area contributed by atoms with Crippen LogP contribution in [-0.4, -0.2) is 38.3 Å². The van der Waals surface area contributed by atoms with Gasteiger partial charge in [0.15, 0.2) is 0 Å². The van der Waals surface area contributed by atoms with E-state index in [9.17, 15) is 4.39 Å².